The van der Waals surface area contributed by atoms with E-state index in [1.807, 2.05) is 4.98 Å². The molecule has 2 heterocycles. The average Bonchev–Trinajstić information content (AvgIpc) is 3.16. The third-order valence-electron chi connectivity index (χ3n) is 5.63. The van der Waals surface area contributed by atoms with Gasteiger partial charge < -0.3 is 44.1 Å². The van der Waals surface area contributed by atoms with Gasteiger partial charge in [-0.05, 0) is 31.9 Å². The fraction of sp³-hybridized carbons (Fsp3) is 0.261. The predicted molar refractivity (Wildman–Crippen MR) is 125 cm³/mol. The number of aromatic nitrogens is 2. The third kappa shape index (κ3) is 8.83. The largest absolute Gasteiger partial charge is 1.00 e. The van der Waals surface area contributed by atoms with Crippen LogP contribution in [0.15, 0.2) is 70.4 Å². The smallest absolute Gasteiger partial charge is 0.808 e. The second kappa shape index (κ2) is 15.0. The molecular weight excluding hydrogens is 590 g/mol. The standard InChI is InChI=1S/C23H23FN3O11P.2Na/c24-14-7-6-12(10-15(14)36-13-4-2-1-3-5-13)21(39(33,34)35)38-23(32)25-11-16-18(29)19(30)20(37-16)27-9-8-17(28)26-22(27)31;;/h1-10,16,18-21,29-30H,11H2,(H,25,32)(H,26,28,31)(H2,33,34,35);;/q;2*+1/p-2/t16-,18-,19-,20-,21?;;/m1../s1. The number of rotatable bonds is 8. The molecule has 0 radical (unpaired) electrons. The number of carbonyl (C=O) groups excluding carboxylic acids is 1. The van der Waals surface area contributed by atoms with E-state index in [1.165, 1.54) is 12.1 Å². The molecule has 1 unspecified atom stereocenters. The third-order valence-corrected chi connectivity index (χ3v) is 6.61. The molecule has 4 N–H and O–H groups in total. The normalized spacial score (nSPS) is 20.7. The van der Waals surface area contributed by atoms with E-state index in [9.17, 15) is 43.3 Å². The summed E-state index contributed by atoms with van der Waals surface area (Å²) >= 11 is 0. The Hall–Kier alpha value is -1.85. The van der Waals surface area contributed by atoms with Gasteiger partial charge in [-0.2, -0.15) is 0 Å². The molecule has 208 valence electrons. The van der Waals surface area contributed by atoms with Crippen LogP contribution < -0.4 is 90.2 Å². The number of nitrogens with one attached hydrogen (secondary N) is 2. The van der Waals surface area contributed by atoms with Crippen LogP contribution in [-0.2, 0) is 14.0 Å². The molecule has 1 fully saturated rings. The molecule has 1 aliphatic heterocycles. The van der Waals surface area contributed by atoms with Crippen LogP contribution in [0.5, 0.6) is 11.5 Å². The summed E-state index contributed by atoms with van der Waals surface area (Å²) in [5, 5.41) is 22.6. The molecular formula is C23H21FN3Na2O11P. The van der Waals surface area contributed by atoms with Crippen molar-refractivity contribution in [3.05, 3.63) is 93.0 Å². The van der Waals surface area contributed by atoms with Crippen LogP contribution in [0, 0.1) is 5.82 Å². The minimum Gasteiger partial charge on any atom is -0.808 e. The topological polar surface area (TPSA) is 215 Å². The number of para-hydroxylation sites is 1. The Morgan fingerprint density at radius 3 is 2.44 bits per heavy atom. The van der Waals surface area contributed by atoms with E-state index in [-0.39, 0.29) is 64.9 Å². The Morgan fingerprint density at radius 2 is 1.80 bits per heavy atom. The molecule has 2 aromatic carbocycles. The van der Waals surface area contributed by atoms with E-state index in [0.717, 1.165) is 35.0 Å². The van der Waals surface area contributed by atoms with Gasteiger partial charge >= 0.3 is 70.9 Å². The van der Waals surface area contributed by atoms with Crippen LogP contribution in [0.25, 0.3) is 0 Å². The summed E-state index contributed by atoms with van der Waals surface area (Å²) in [5.74, 6) is -3.46. The van der Waals surface area contributed by atoms with Crippen LogP contribution in [-0.4, -0.2) is 50.7 Å². The maximum Gasteiger partial charge on any atom is 1.00 e. The maximum atomic E-state index is 14.3. The number of benzene rings is 2. The number of ether oxygens (including phenoxy) is 3. The number of amides is 1. The maximum absolute atomic E-state index is 14.3. The zero-order valence-corrected chi connectivity index (χ0v) is 26.6. The van der Waals surface area contributed by atoms with Crippen molar-refractivity contribution in [1.82, 2.24) is 14.9 Å². The molecule has 0 spiro atoms. The van der Waals surface area contributed by atoms with Gasteiger partial charge in [0.05, 0.1) is 0 Å². The molecule has 1 aromatic heterocycles. The minimum absolute atomic E-state index is 0. The Kier molecular flexibility index (Phi) is 13.0. The van der Waals surface area contributed by atoms with Gasteiger partial charge in [0.15, 0.2) is 23.6 Å². The average molecular weight is 611 g/mol. The number of nitrogens with zero attached hydrogens (tertiary/aromatic N) is 1. The van der Waals surface area contributed by atoms with Crippen molar-refractivity contribution in [2.45, 2.75) is 30.4 Å². The van der Waals surface area contributed by atoms with E-state index in [4.69, 9.17) is 14.2 Å². The molecule has 4 rings (SSSR count). The van der Waals surface area contributed by atoms with Gasteiger partial charge in [-0.3, -0.25) is 14.3 Å². The van der Waals surface area contributed by atoms with Crippen molar-refractivity contribution in [1.29, 1.82) is 0 Å². The van der Waals surface area contributed by atoms with Crippen molar-refractivity contribution >= 4 is 13.7 Å². The first-order valence-electron chi connectivity index (χ1n) is 11.3. The van der Waals surface area contributed by atoms with E-state index in [1.54, 1.807) is 18.2 Å². The zero-order valence-electron chi connectivity index (χ0n) is 21.7. The summed E-state index contributed by atoms with van der Waals surface area (Å²) in [6.07, 6.45) is -6.38. The van der Waals surface area contributed by atoms with Crippen molar-refractivity contribution in [3.8, 4) is 11.5 Å². The molecule has 18 heteroatoms. The molecule has 14 nitrogen and oxygen atoms in total. The molecule has 0 bridgehead atoms. The molecule has 1 aliphatic rings. The minimum atomic E-state index is -5.65. The van der Waals surface area contributed by atoms with Crippen LogP contribution in [0.4, 0.5) is 9.18 Å². The van der Waals surface area contributed by atoms with Gasteiger partial charge in [0.2, 0.25) is 0 Å². The number of aliphatic hydroxyl groups excluding tert-OH is 2. The SMILES string of the molecule is O=C(NC[C@H]1O[C@@H](n2ccc(=O)[nH]c2=O)[C@H](O)[C@@H]1O)OC(c1ccc(F)c(Oc2ccccc2)c1)P(=O)([O-])[O-].[Na+].[Na+]. The van der Waals surface area contributed by atoms with Crippen LogP contribution in [0.3, 0.4) is 0 Å². The van der Waals surface area contributed by atoms with Crippen molar-refractivity contribution in [3.63, 3.8) is 0 Å². The molecule has 1 amide bonds. The zero-order chi connectivity index (χ0) is 28.3. The summed E-state index contributed by atoms with van der Waals surface area (Å²) in [5.41, 5.74) is -2.02. The van der Waals surface area contributed by atoms with Gasteiger partial charge in [-0.25, -0.2) is 14.0 Å². The first-order valence-corrected chi connectivity index (χ1v) is 12.9. The molecule has 41 heavy (non-hydrogen) atoms. The Balaban J connectivity index is 0.00000294. The Morgan fingerprint density at radius 1 is 1.12 bits per heavy atom. The van der Waals surface area contributed by atoms with E-state index in [0.29, 0.717) is 0 Å². The van der Waals surface area contributed by atoms with Crippen LogP contribution >= 0.6 is 7.60 Å². The monoisotopic (exact) mass is 611 g/mol. The van der Waals surface area contributed by atoms with Crippen LogP contribution in [0.2, 0.25) is 0 Å². The number of H-pyrrole nitrogens is 1. The fourth-order valence-electron chi connectivity index (χ4n) is 3.76. The van der Waals surface area contributed by atoms with Gasteiger partial charge in [0, 0.05) is 24.4 Å². The summed E-state index contributed by atoms with van der Waals surface area (Å²) in [7, 11) is -5.65. The van der Waals surface area contributed by atoms with Crippen molar-refractivity contribution < 1.29 is 107 Å². The summed E-state index contributed by atoms with van der Waals surface area (Å²) in [4.78, 5) is 61.4. The fourth-order valence-corrected chi connectivity index (χ4v) is 4.52. The van der Waals surface area contributed by atoms with Gasteiger partial charge in [0.1, 0.15) is 24.1 Å². The van der Waals surface area contributed by atoms with Gasteiger partial charge in [-0.1, -0.05) is 24.3 Å². The summed E-state index contributed by atoms with van der Waals surface area (Å²) in [6.45, 7) is -0.549. The van der Waals surface area contributed by atoms with Crippen LogP contribution in [0.1, 0.15) is 17.6 Å². The molecule has 5 atom stereocenters. The molecule has 3 aromatic rings. The van der Waals surface area contributed by atoms with E-state index < -0.39 is 79.0 Å². The summed E-state index contributed by atoms with van der Waals surface area (Å²) < 4.78 is 42.6. The second-order valence-corrected chi connectivity index (χ2v) is 9.90. The summed E-state index contributed by atoms with van der Waals surface area (Å²) in [6, 6.07) is 11.6. The van der Waals surface area contributed by atoms with Gasteiger partial charge in [0.25, 0.3) is 5.56 Å². The van der Waals surface area contributed by atoms with Crippen molar-refractivity contribution in [2.24, 2.45) is 0 Å². The van der Waals surface area contributed by atoms with E-state index in [2.05, 4.69) is 5.32 Å². The number of carbonyl (C=O) groups is 1. The first-order chi connectivity index (χ1) is 18.4. The molecule has 1 saturated heterocycles. The predicted octanol–water partition coefficient (Wildman–Crippen LogP) is -6.57. The van der Waals surface area contributed by atoms with Gasteiger partial charge in [-0.15, -0.1) is 0 Å². The number of aromatic amines is 1. The molecule has 0 saturated carbocycles. The van der Waals surface area contributed by atoms with E-state index >= 15 is 0 Å². The second-order valence-electron chi connectivity index (χ2n) is 8.35. The Bertz CT molecular complexity index is 1500. The van der Waals surface area contributed by atoms with Crippen molar-refractivity contribution in [2.75, 3.05) is 6.54 Å². The quantitative estimate of drug-likeness (QED) is 0.139. The number of hydrogen-bond acceptors (Lipinski definition) is 11. The molecule has 0 aliphatic carbocycles. The number of aliphatic hydroxyl groups is 2. The number of hydrogen-bond donors (Lipinski definition) is 4. The first kappa shape index (κ1) is 35.3. The number of alkyl carbamates (subject to hydrolysis) is 1. The number of halogens is 1. The Labute approximate surface area is 275 Å².